The minimum Gasteiger partial charge on any atom is -0.550 e. The smallest absolute Gasteiger partial charge is 0.177 e. The minimum atomic E-state index is -2.04. The number of halogens is 1. The molecule has 5 nitrogen and oxygen atoms in total. The fraction of sp³-hybridized carbons (Fsp3) is 0.846. The summed E-state index contributed by atoms with van der Waals surface area (Å²) >= 11 is 0. The zero-order valence-electron chi connectivity index (χ0n) is 14.8. The monoisotopic (exact) mass is 298 g/mol. The number of unbranched alkanes of at least 4 members (excludes halogenated alkanes) is 1. The van der Waals surface area contributed by atoms with Gasteiger partial charge in [-0.1, -0.05) is 19.7 Å². The fourth-order valence-corrected chi connectivity index (χ4v) is 1.91. The molecule has 19 heavy (non-hydrogen) atoms. The number of hydrogen-bond donors (Lipinski definition) is 1. The van der Waals surface area contributed by atoms with Gasteiger partial charge in [0.2, 0.25) is 0 Å². The lowest BCUT2D eigenvalue weighted by molar-refractivity contribution is -0.875. The Labute approximate surface area is 125 Å². The summed E-state index contributed by atoms with van der Waals surface area (Å²) in [5, 5.41) is 21.1. The summed E-state index contributed by atoms with van der Waals surface area (Å²) in [4.78, 5) is 22.9. The van der Waals surface area contributed by atoms with E-state index in [0.29, 0.717) is 12.8 Å². The summed E-state index contributed by atoms with van der Waals surface area (Å²) in [5.41, 5.74) is -1.98. The molecule has 1 N–H and O–H groups in total. The van der Waals surface area contributed by atoms with E-state index >= 15 is 0 Å². The number of carbonyl (C=O) groups excluding carboxylic acids is 2. The maximum absolute atomic E-state index is 12.1. The van der Waals surface area contributed by atoms with Gasteiger partial charge in [-0.3, -0.25) is 4.79 Å². The van der Waals surface area contributed by atoms with Crippen molar-refractivity contribution in [3.05, 3.63) is 0 Å². The molecule has 0 aromatic carbocycles. The second kappa shape index (κ2) is 8.51. The van der Waals surface area contributed by atoms with Crippen LogP contribution in [0.2, 0.25) is 0 Å². The van der Waals surface area contributed by atoms with E-state index in [1.165, 1.54) is 0 Å². The van der Waals surface area contributed by atoms with E-state index in [2.05, 4.69) is 0 Å². The van der Waals surface area contributed by atoms with E-state index in [-0.39, 0.29) is 36.3 Å². The summed E-state index contributed by atoms with van der Waals surface area (Å²) < 4.78 is 21.4. The number of nitrogens with zero attached hydrogens (tertiary/aromatic N) is 1. The highest BCUT2D eigenvalue weighted by molar-refractivity contribution is 5.90. The van der Waals surface area contributed by atoms with Crippen molar-refractivity contribution < 1.29 is 28.4 Å². The lowest BCUT2D eigenvalue weighted by Crippen LogP contribution is -2.56. The van der Waals surface area contributed by atoms with Gasteiger partial charge < -0.3 is 19.5 Å². The van der Waals surface area contributed by atoms with Gasteiger partial charge in [0.1, 0.15) is 6.54 Å². The number of Topliss-reactive ketones (excluding diaryl/α,β-unsaturated/α-hetero) is 1. The predicted molar refractivity (Wildman–Crippen MR) is 73.9 cm³/mol. The molecule has 0 radical (unpaired) electrons. The first-order valence-electron chi connectivity index (χ1n) is 7.51. The van der Waals surface area contributed by atoms with Crippen LogP contribution in [-0.4, -0.2) is 54.6 Å². The van der Waals surface area contributed by atoms with E-state index in [1.807, 2.05) is 0 Å². The zero-order chi connectivity index (χ0) is 16.9. The van der Waals surface area contributed by atoms with Crippen LogP contribution in [0.1, 0.15) is 43.1 Å². The first-order valence-corrected chi connectivity index (χ1v) is 6.01. The third-order valence-corrected chi connectivity index (χ3v) is 2.52. The van der Waals surface area contributed by atoms with Gasteiger partial charge in [-0.2, -0.15) is 0 Å². The number of carboxylic acid groups (broad SMARTS) is 1. The van der Waals surface area contributed by atoms with Crippen molar-refractivity contribution in [2.75, 3.05) is 27.7 Å². The molecule has 0 unspecified atom stereocenters. The molecular weight excluding hydrogens is 270 g/mol. The Balaban J connectivity index is 0. The largest absolute Gasteiger partial charge is 0.550 e. The van der Waals surface area contributed by atoms with Crippen molar-refractivity contribution in [2.24, 2.45) is 0 Å². The van der Waals surface area contributed by atoms with Crippen LogP contribution in [0.3, 0.4) is 0 Å². The van der Waals surface area contributed by atoms with Crippen molar-refractivity contribution in [3.63, 3.8) is 0 Å². The Morgan fingerprint density at radius 1 is 1.32 bits per heavy atom. The van der Waals surface area contributed by atoms with Gasteiger partial charge in [0.25, 0.3) is 0 Å². The van der Waals surface area contributed by atoms with Crippen LogP contribution in [0.25, 0.3) is 0 Å². The van der Waals surface area contributed by atoms with Crippen LogP contribution >= 0.6 is 12.4 Å². The first kappa shape index (κ1) is 14.8. The SMILES string of the molecule is Cl.[2H]C([2H])([2H])CCCCC(=O)[C@@](O)(CC(=O)[O-])C[N+](C)(C)C. The quantitative estimate of drug-likeness (QED) is 0.485. The number of likely N-dealkylation sites (N-methyl/N-ethyl adjacent to an activating group) is 1. The summed E-state index contributed by atoms with van der Waals surface area (Å²) in [6.07, 6.45) is -0.160. The Bertz CT molecular complexity index is 382. The van der Waals surface area contributed by atoms with Crippen LogP contribution in [0.15, 0.2) is 0 Å². The highest BCUT2D eigenvalue weighted by Crippen LogP contribution is 2.19. The van der Waals surface area contributed by atoms with Crippen LogP contribution in [-0.2, 0) is 9.59 Å². The van der Waals surface area contributed by atoms with E-state index in [4.69, 9.17) is 4.11 Å². The molecule has 0 saturated carbocycles. The number of hydrogen-bond acceptors (Lipinski definition) is 4. The third kappa shape index (κ3) is 8.97. The molecule has 0 aliphatic heterocycles. The first-order chi connectivity index (χ1) is 9.25. The van der Waals surface area contributed by atoms with Crippen LogP contribution in [0, 0.1) is 0 Å². The molecule has 0 aliphatic carbocycles. The maximum atomic E-state index is 12.1. The molecule has 1 atom stereocenters. The molecule has 0 saturated heterocycles. The molecule has 0 heterocycles. The summed E-state index contributed by atoms with van der Waals surface area (Å²) in [5.74, 6) is -2.06. The lowest BCUT2D eigenvalue weighted by Gasteiger charge is -2.34. The number of ketones is 1. The van der Waals surface area contributed by atoms with Gasteiger partial charge >= 0.3 is 0 Å². The lowest BCUT2D eigenvalue weighted by atomic mass is 9.90. The molecule has 0 fully saturated rings. The van der Waals surface area contributed by atoms with E-state index in [1.54, 1.807) is 21.1 Å². The molecular formula is C13H26ClNO4. The van der Waals surface area contributed by atoms with Gasteiger partial charge in [-0.15, -0.1) is 12.4 Å². The fourth-order valence-electron chi connectivity index (χ4n) is 1.91. The van der Waals surface area contributed by atoms with Crippen LogP contribution < -0.4 is 5.11 Å². The van der Waals surface area contributed by atoms with E-state index < -0.39 is 30.6 Å². The summed E-state index contributed by atoms with van der Waals surface area (Å²) in [6.45, 7) is -2.08. The molecule has 114 valence electrons. The second-order valence-electron chi connectivity index (χ2n) is 5.66. The van der Waals surface area contributed by atoms with Crippen LogP contribution in [0.5, 0.6) is 0 Å². The number of quaternary nitrogens is 1. The number of carboxylic acids is 1. The zero-order valence-corrected chi connectivity index (χ0v) is 12.6. The average molecular weight is 299 g/mol. The van der Waals surface area contributed by atoms with Crippen molar-refractivity contribution >= 4 is 24.2 Å². The number of aliphatic carboxylic acids is 1. The van der Waals surface area contributed by atoms with Gasteiger partial charge in [0.15, 0.2) is 11.4 Å². The highest BCUT2D eigenvalue weighted by atomic mass is 35.5. The average Bonchev–Trinajstić information content (AvgIpc) is 2.18. The maximum Gasteiger partial charge on any atom is 0.177 e. The van der Waals surface area contributed by atoms with Crippen molar-refractivity contribution in [3.8, 4) is 0 Å². The van der Waals surface area contributed by atoms with Crippen molar-refractivity contribution in [2.45, 2.75) is 44.6 Å². The minimum absolute atomic E-state index is 0. The van der Waals surface area contributed by atoms with Gasteiger partial charge in [-0.05, 0) is 6.42 Å². The van der Waals surface area contributed by atoms with Gasteiger partial charge in [0.05, 0.1) is 21.1 Å². The standard InChI is InChI=1S/C13H25NO4.ClH/c1-5-6-7-8-11(15)13(18,9-12(16)17)10-14(2,3)4;/h18H,5-10H2,1-4H3;1H/t13-;/m1./s1/i1D3;. The molecule has 0 amide bonds. The van der Waals surface area contributed by atoms with Gasteiger partial charge in [0, 0.05) is 22.9 Å². The van der Waals surface area contributed by atoms with Crippen molar-refractivity contribution in [1.82, 2.24) is 0 Å². The number of rotatable bonds is 9. The molecule has 0 aliphatic rings. The Morgan fingerprint density at radius 2 is 1.89 bits per heavy atom. The van der Waals surface area contributed by atoms with E-state index in [9.17, 15) is 19.8 Å². The van der Waals surface area contributed by atoms with Gasteiger partial charge in [-0.25, -0.2) is 0 Å². The Kier molecular flexibility index (Phi) is 6.61. The topological polar surface area (TPSA) is 77.4 Å². The van der Waals surface area contributed by atoms with Crippen molar-refractivity contribution in [1.29, 1.82) is 0 Å². The molecule has 6 heteroatoms. The third-order valence-electron chi connectivity index (χ3n) is 2.52. The van der Waals surface area contributed by atoms with E-state index in [0.717, 1.165) is 0 Å². The number of aliphatic hydroxyl groups is 1. The summed E-state index contributed by atoms with van der Waals surface area (Å²) in [7, 11) is 5.21. The second-order valence-corrected chi connectivity index (χ2v) is 5.66. The molecule has 0 rings (SSSR count). The number of carbonyl (C=O) groups is 2. The molecule has 0 bridgehead atoms. The molecule has 0 aromatic heterocycles. The Morgan fingerprint density at radius 3 is 2.32 bits per heavy atom. The van der Waals surface area contributed by atoms with Crippen LogP contribution in [0.4, 0.5) is 0 Å². The molecule has 0 spiro atoms. The highest BCUT2D eigenvalue weighted by Gasteiger charge is 2.40. The molecule has 0 aromatic rings. The predicted octanol–water partition coefficient (Wildman–Crippen LogP) is 0.135. The summed E-state index contributed by atoms with van der Waals surface area (Å²) in [6, 6.07) is 0. The Hall–Kier alpha value is -0.650. The normalized spacial score (nSPS) is 17.4.